The minimum Gasteiger partial charge on any atom is -0.375 e. The molecule has 1 saturated heterocycles. The molecule has 132 valence electrons. The molecule has 0 radical (unpaired) electrons. The number of hydrogen-bond acceptors (Lipinski definition) is 4. The van der Waals surface area contributed by atoms with Gasteiger partial charge in [-0.2, -0.15) is 0 Å². The molecule has 0 spiro atoms. The van der Waals surface area contributed by atoms with E-state index in [1.54, 1.807) is 4.90 Å². The van der Waals surface area contributed by atoms with E-state index in [0.29, 0.717) is 17.8 Å². The number of anilines is 2. The van der Waals surface area contributed by atoms with E-state index in [9.17, 15) is 9.59 Å². The Bertz CT molecular complexity index is 745. The van der Waals surface area contributed by atoms with Gasteiger partial charge in [0.15, 0.2) is 0 Å². The molecule has 6 heteroatoms. The van der Waals surface area contributed by atoms with Crippen molar-refractivity contribution in [3.05, 3.63) is 46.7 Å². The van der Waals surface area contributed by atoms with Crippen molar-refractivity contribution in [2.45, 2.75) is 25.8 Å². The smallest absolute Gasteiger partial charge is 0.264 e. The summed E-state index contributed by atoms with van der Waals surface area (Å²) in [6, 6.07) is 11.1. The van der Waals surface area contributed by atoms with Crippen LogP contribution in [0.5, 0.6) is 0 Å². The van der Waals surface area contributed by atoms with E-state index in [-0.39, 0.29) is 11.8 Å². The average Bonchev–Trinajstić information content (AvgIpc) is 3.32. The number of carbonyl (C=O) groups is 2. The van der Waals surface area contributed by atoms with Crippen molar-refractivity contribution < 1.29 is 9.59 Å². The topological polar surface area (TPSA) is 52.7 Å². The molecule has 0 unspecified atom stereocenters. The Labute approximate surface area is 152 Å². The molecule has 25 heavy (non-hydrogen) atoms. The predicted octanol–water partition coefficient (Wildman–Crippen LogP) is 3.45. The lowest BCUT2D eigenvalue weighted by molar-refractivity contribution is -0.119. The van der Waals surface area contributed by atoms with Crippen LogP contribution in [0, 0.1) is 0 Å². The van der Waals surface area contributed by atoms with Gasteiger partial charge in [0.05, 0.1) is 4.88 Å². The van der Waals surface area contributed by atoms with Crippen molar-refractivity contribution in [2.24, 2.45) is 0 Å². The van der Waals surface area contributed by atoms with Crippen molar-refractivity contribution in [3.8, 4) is 0 Å². The Kier molecular flexibility index (Phi) is 5.38. The van der Waals surface area contributed by atoms with Gasteiger partial charge in [0.25, 0.3) is 5.91 Å². The van der Waals surface area contributed by atoms with Crippen LogP contribution in [0.2, 0.25) is 0 Å². The highest BCUT2D eigenvalue weighted by atomic mass is 32.1. The molecule has 0 aliphatic carbocycles. The maximum Gasteiger partial charge on any atom is 0.264 e. The number of likely N-dealkylation sites (tertiary alicyclic amines) is 1. The number of carbonyl (C=O) groups excluding carboxylic acids is 2. The van der Waals surface area contributed by atoms with E-state index in [1.807, 2.05) is 48.8 Å². The monoisotopic (exact) mass is 357 g/mol. The first-order valence-corrected chi connectivity index (χ1v) is 9.44. The highest BCUT2D eigenvalue weighted by Crippen LogP contribution is 2.24. The summed E-state index contributed by atoms with van der Waals surface area (Å²) in [4.78, 5) is 29.8. The SMILES string of the molecule is CCN(C)c1cccc(NC(=O)[C@@H]2CCCN2C(=O)c2cccs2)c1. The second kappa shape index (κ2) is 7.70. The zero-order valence-corrected chi connectivity index (χ0v) is 15.4. The van der Waals surface area contributed by atoms with Crippen LogP contribution in [0.3, 0.4) is 0 Å². The van der Waals surface area contributed by atoms with Gasteiger partial charge in [0.1, 0.15) is 6.04 Å². The van der Waals surface area contributed by atoms with E-state index in [4.69, 9.17) is 0 Å². The molecule has 2 aromatic rings. The Balaban J connectivity index is 1.71. The molecular formula is C19H23N3O2S. The fourth-order valence-corrected chi connectivity index (χ4v) is 3.73. The van der Waals surface area contributed by atoms with Crippen molar-refractivity contribution in [2.75, 3.05) is 30.4 Å². The van der Waals surface area contributed by atoms with Crippen molar-refractivity contribution in [1.29, 1.82) is 0 Å². The maximum atomic E-state index is 12.7. The van der Waals surface area contributed by atoms with E-state index in [2.05, 4.69) is 17.1 Å². The summed E-state index contributed by atoms with van der Waals surface area (Å²) in [7, 11) is 2.01. The van der Waals surface area contributed by atoms with Crippen molar-refractivity contribution in [1.82, 2.24) is 4.90 Å². The summed E-state index contributed by atoms with van der Waals surface area (Å²) in [5, 5.41) is 4.86. The number of thiophene rings is 1. The van der Waals surface area contributed by atoms with E-state index < -0.39 is 6.04 Å². The average molecular weight is 357 g/mol. The standard InChI is InChI=1S/C19H23N3O2S/c1-3-21(2)15-8-4-7-14(13-15)20-18(23)16-9-5-11-22(16)19(24)17-10-6-12-25-17/h4,6-8,10,12-13,16H,3,5,9,11H2,1-2H3,(H,20,23)/t16-/m0/s1. The number of nitrogens with one attached hydrogen (secondary N) is 1. The first-order chi connectivity index (χ1) is 12.1. The van der Waals surface area contributed by atoms with Crippen LogP contribution in [0.1, 0.15) is 29.4 Å². The third-order valence-electron chi connectivity index (χ3n) is 4.58. The lowest BCUT2D eigenvalue weighted by Crippen LogP contribution is -2.42. The zero-order chi connectivity index (χ0) is 17.8. The van der Waals surface area contributed by atoms with Gasteiger partial charge in [-0.1, -0.05) is 12.1 Å². The van der Waals surface area contributed by atoms with Crippen molar-refractivity contribution >= 4 is 34.5 Å². The molecule has 1 aliphatic rings. The number of benzene rings is 1. The summed E-state index contributed by atoms with van der Waals surface area (Å²) >= 11 is 1.41. The van der Waals surface area contributed by atoms with Gasteiger partial charge in [-0.3, -0.25) is 9.59 Å². The van der Waals surface area contributed by atoms with Crippen LogP contribution in [-0.4, -0.2) is 42.9 Å². The van der Waals surface area contributed by atoms with Crippen LogP contribution in [0.4, 0.5) is 11.4 Å². The predicted molar refractivity (Wildman–Crippen MR) is 102 cm³/mol. The van der Waals surface area contributed by atoms with Gasteiger partial charge >= 0.3 is 0 Å². The second-order valence-electron chi connectivity index (χ2n) is 6.19. The highest BCUT2D eigenvalue weighted by Gasteiger charge is 2.34. The summed E-state index contributed by atoms with van der Waals surface area (Å²) in [5.74, 6) is -0.161. The fraction of sp³-hybridized carbons (Fsp3) is 0.368. The van der Waals surface area contributed by atoms with Crippen LogP contribution in [-0.2, 0) is 4.79 Å². The van der Waals surface area contributed by atoms with Gasteiger partial charge < -0.3 is 15.1 Å². The van der Waals surface area contributed by atoms with Crippen LogP contribution >= 0.6 is 11.3 Å². The number of rotatable bonds is 5. The highest BCUT2D eigenvalue weighted by molar-refractivity contribution is 7.12. The minimum atomic E-state index is -0.401. The molecule has 0 bridgehead atoms. The molecule has 0 saturated carbocycles. The quantitative estimate of drug-likeness (QED) is 0.892. The van der Waals surface area contributed by atoms with Gasteiger partial charge in [0.2, 0.25) is 5.91 Å². The molecule has 5 nitrogen and oxygen atoms in total. The van der Waals surface area contributed by atoms with E-state index >= 15 is 0 Å². The number of amides is 2. The Morgan fingerprint density at radius 3 is 2.88 bits per heavy atom. The lowest BCUT2D eigenvalue weighted by atomic mass is 10.2. The van der Waals surface area contributed by atoms with E-state index in [0.717, 1.165) is 24.3 Å². The summed E-state index contributed by atoms with van der Waals surface area (Å²) in [6.07, 6.45) is 1.56. The first-order valence-electron chi connectivity index (χ1n) is 8.56. The molecule has 1 aliphatic heterocycles. The summed E-state index contributed by atoms with van der Waals surface area (Å²) in [6.45, 7) is 3.61. The number of hydrogen-bond donors (Lipinski definition) is 1. The molecule has 2 amide bonds. The molecule has 1 aromatic carbocycles. The van der Waals surface area contributed by atoms with Crippen molar-refractivity contribution in [3.63, 3.8) is 0 Å². The second-order valence-corrected chi connectivity index (χ2v) is 7.14. The van der Waals surface area contributed by atoms with Crippen LogP contribution in [0.15, 0.2) is 41.8 Å². The Morgan fingerprint density at radius 1 is 1.32 bits per heavy atom. The minimum absolute atomic E-state index is 0.0490. The molecule has 2 heterocycles. The maximum absolute atomic E-state index is 12.7. The third kappa shape index (κ3) is 3.85. The van der Waals surface area contributed by atoms with Crippen LogP contribution in [0.25, 0.3) is 0 Å². The lowest BCUT2D eigenvalue weighted by Gasteiger charge is -2.24. The Hall–Kier alpha value is -2.34. The Morgan fingerprint density at radius 2 is 2.16 bits per heavy atom. The first kappa shape index (κ1) is 17.5. The largest absolute Gasteiger partial charge is 0.375 e. The summed E-state index contributed by atoms with van der Waals surface area (Å²) in [5.41, 5.74) is 1.82. The molecule has 3 rings (SSSR count). The molecule has 1 atom stereocenters. The molecular weight excluding hydrogens is 334 g/mol. The molecule has 1 aromatic heterocycles. The summed E-state index contributed by atoms with van der Waals surface area (Å²) < 4.78 is 0. The zero-order valence-electron chi connectivity index (χ0n) is 14.6. The van der Waals surface area contributed by atoms with Gasteiger partial charge in [-0.25, -0.2) is 0 Å². The number of nitrogens with zero attached hydrogens (tertiary/aromatic N) is 2. The van der Waals surface area contributed by atoms with Gasteiger partial charge in [0, 0.05) is 31.5 Å². The van der Waals surface area contributed by atoms with Crippen LogP contribution < -0.4 is 10.2 Å². The van der Waals surface area contributed by atoms with Gasteiger partial charge in [-0.05, 0) is 49.4 Å². The molecule has 1 N–H and O–H groups in total. The van der Waals surface area contributed by atoms with Gasteiger partial charge in [-0.15, -0.1) is 11.3 Å². The fourth-order valence-electron chi connectivity index (χ4n) is 3.05. The molecule has 1 fully saturated rings. The normalized spacial score (nSPS) is 16.7. The van der Waals surface area contributed by atoms with E-state index in [1.165, 1.54) is 11.3 Å². The third-order valence-corrected chi connectivity index (χ3v) is 5.43.